The summed E-state index contributed by atoms with van der Waals surface area (Å²) in [5.74, 6) is 1.04. The molecule has 1 saturated heterocycles. The lowest BCUT2D eigenvalue weighted by Crippen LogP contribution is -2.49. The number of carbonyl (C=O) groups is 1. The number of hydrogen-bond acceptors (Lipinski definition) is 4. The molecular weight excluding hydrogens is 300 g/mol. The molecule has 0 aliphatic carbocycles. The summed E-state index contributed by atoms with van der Waals surface area (Å²) < 4.78 is 0. The summed E-state index contributed by atoms with van der Waals surface area (Å²) in [4.78, 5) is 20.9. The van der Waals surface area contributed by atoms with Crippen LogP contribution in [0.2, 0.25) is 0 Å². The molecule has 5 heteroatoms. The fourth-order valence-electron chi connectivity index (χ4n) is 2.91. The van der Waals surface area contributed by atoms with Crippen molar-refractivity contribution >= 4 is 11.7 Å². The molecule has 0 saturated carbocycles. The fourth-order valence-corrected chi connectivity index (χ4v) is 2.91. The van der Waals surface area contributed by atoms with E-state index in [2.05, 4.69) is 16.0 Å². The van der Waals surface area contributed by atoms with Gasteiger partial charge in [-0.25, -0.2) is 4.98 Å². The van der Waals surface area contributed by atoms with Crippen LogP contribution in [-0.2, 0) is 11.2 Å². The van der Waals surface area contributed by atoms with Crippen molar-refractivity contribution in [3.63, 3.8) is 0 Å². The van der Waals surface area contributed by atoms with Crippen LogP contribution in [0, 0.1) is 18.3 Å². The number of amides is 1. The fraction of sp³-hybridized carbons (Fsp3) is 0.316. The molecule has 1 aromatic heterocycles. The number of aryl methyl sites for hydroxylation is 1. The highest BCUT2D eigenvalue weighted by Gasteiger charge is 2.22. The van der Waals surface area contributed by atoms with Crippen LogP contribution < -0.4 is 4.90 Å². The Hall–Kier alpha value is -2.87. The molecule has 1 amide bonds. The maximum absolute atomic E-state index is 12.5. The summed E-state index contributed by atoms with van der Waals surface area (Å²) in [5.41, 5.74) is 2.82. The third kappa shape index (κ3) is 3.54. The maximum atomic E-state index is 12.5. The summed E-state index contributed by atoms with van der Waals surface area (Å²) in [6.07, 6.45) is 2.05. The van der Waals surface area contributed by atoms with Gasteiger partial charge in [0, 0.05) is 32.4 Å². The van der Waals surface area contributed by atoms with Crippen molar-refractivity contribution in [2.75, 3.05) is 31.1 Å². The lowest BCUT2D eigenvalue weighted by Gasteiger charge is -2.35. The number of nitriles is 1. The Labute approximate surface area is 142 Å². The van der Waals surface area contributed by atoms with Gasteiger partial charge in [-0.1, -0.05) is 24.3 Å². The summed E-state index contributed by atoms with van der Waals surface area (Å²) in [5, 5.41) is 8.83. The average Bonchev–Trinajstić information content (AvgIpc) is 2.64. The zero-order chi connectivity index (χ0) is 16.9. The standard InChI is InChI=1S/C19H20N4O/c1-15-4-2-3-5-17(15)12-19(24)23-10-8-22(9-11-23)18-7-6-16(13-20)14-21-18/h2-7,14H,8-12H2,1H3. The number of hydrogen-bond donors (Lipinski definition) is 0. The molecule has 122 valence electrons. The predicted molar refractivity (Wildman–Crippen MR) is 92.6 cm³/mol. The van der Waals surface area contributed by atoms with Gasteiger partial charge in [-0.2, -0.15) is 5.26 Å². The Kier molecular flexibility index (Phi) is 4.76. The van der Waals surface area contributed by atoms with Gasteiger partial charge in [-0.15, -0.1) is 0 Å². The first-order chi connectivity index (χ1) is 11.7. The average molecular weight is 320 g/mol. The highest BCUT2D eigenvalue weighted by Crippen LogP contribution is 2.15. The number of piperazine rings is 1. The predicted octanol–water partition coefficient (Wildman–Crippen LogP) is 2.15. The van der Waals surface area contributed by atoms with E-state index >= 15 is 0 Å². The first-order valence-electron chi connectivity index (χ1n) is 8.11. The van der Waals surface area contributed by atoms with E-state index in [1.165, 1.54) is 0 Å². The monoisotopic (exact) mass is 320 g/mol. The number of aromatic nitrogens is 1. The number of nitrogens with zero attached hydrogens (tertiary/aromatic N) is 4. The van der Waals surface area contributed by atoms with Gasteiger partial charge in [-0.3, -0.25) is 4.79 Å². The molecule has 1 fully saturated rings. The highest BCUT2D eigenvalue weighted by atomic mass is 16.2. The molecule has 0 unspecified atom stereocenters. The van der Waals surface area contributed by atoms with E-state index in [4.69, 9.17) is 5.26 Å². The second-order valence-corrected chi connectivity index (χ2v) is 5.99. The number of rotatable bonds is 3. The van der Waals surface area contributed by atoms with Crippen LogP contribution >= 0.6 is 0 Å². The van der Waals surface area contributed by atoms with Crippen LogP contribution in [-0.4, -0.2) is 42.0 Å². The van der Waals surface area contributed by atoms with Gasteiger partial charge >= 0.3 is 0 Å². The highest BCUT2D eigenvalue weighted by molar-refractivity contribution is 5.79. The zero-order valence-corrected chi connectivity index (χ0v) is 13.8. The summed E-state index contributed by atoms with van der Waals surface area (Å²) in [6, 6.07) is 13.7. The van der Waals surface area contributed by atoms with Crippen molar-refractivity contribution in [3.05, 3.63) is 59.3 Å². The van der Waals surface area contributed by atoms with E-state index < -0.39 is 0 Å². The number of anilines is 1. The van der Waals surface area contributed by atoms with Crippen molar-refractivity contribution in [1.29, 1.82) is 5.26 Å². The van der Waals surface area contributed by atoms with Crippen LogP contribution in [0.5, 0.6) is 0 Å². The van der Waals surface area contributed by atoms with Crippen LogP contribution in [0.25, 0.3) is 0 Å². The molecule has 0 spiro atoms. The Bertz CT molecular complexity index is 756. The molecule has 0 bridgehead atoms. The molecule has 2 heterocycles. The van der Waals surface area contributed by atoms with Crippen molar-refractivity contribution in [2.24, 2.45) is 0 Å². The van der Waals surface area contributed by atoms with E-state index in [0.29, 0.717) is 25.1 Å². The summed E-state index contributed by atoms with van der Waals surface area (Å²) in [7, 11) is 0. The van der Waals surface area contributed by atoms with E-state index in [0.717, 1.165) is 30.0 Å². The lowest BCUT2D eigenvalue weighted by atomic mass is 10.1. The molecule has 0 atom stereocenters. The van der Waals surface area contributed by atoms with Gasteiger partial charge in [0.1, 0.15) is 11.9 Å². The van der Waals surface area contributed by atoms with Crippen LogP contribution in [0.15, 0.2) is 42.6 Å². The first-order valence-corrected chi connectivity index (χ1v) is 8.11. The van der Waals surface area contributed by atoms with E-state index in [1.807, 2.05) is 42.2 Å². The largest absolute Gasteiger partial charge is 0.353 e. The molecular formula is C19H20N4O. The second-order valence-electron chi connectivity index (χ2n) is 5.99. The lowest BCUT2D eigenvalue weighted by molar-refractivity contribution is -0.130. The van der Waals surface area contributed by atoms with Crippen molar-refractivity contribution in [3.8, 4) is 6.07 Å². The summed E-state index contributed by atoms with van der Waals surface area (Å²) in [6.45, 7) is 4.97. The number of pyridine rings is 1. The van der Waals surface area contributed by atoms with Gasteiger partial charge in [0.2, 0.25) is 5.91 Å². The number of carbonyl (C=O) groups excluding carboxylic acids is 1. The summed E-state index contributed by atoms with van der Waals surface area (Å²) >= 11 is 0. The van der Waals surface area contributed by atoms with Gasteiger partial charge < -0.3 is 9.80 Å². The zero-order valence-electron chi connectivity index (χ0n) is 13.8. The van der Waals surface area contributed by atoms with Gasteiger partial charge in [0.15, 0.2) is 0 Å². The molecule has 24 heavy (non-hydrogen) atoms. The topological polar surface area (TPSA) is 60.2 Å². The van der Waals surface area contributed by atoms with Gasteiger partial charge in [-0.05, 0) is 30.2 Å². The molecule has 0 radical (unpaired) electrons. The van der Waals surface area contributed by atoms with Crippen LogP contribution in [0.1, 0.15) is 16.7 Å². The maximum Gasteiger partial charge on any atom is 0.227 e. The molecule has 3 rings (SSSR count). The Morgan fingerprint density at radius 1 is 1.17 bits per heavy atom. The Balaban J connectivity index is 1.57. The van der Waals surface area contributed by atoms with Gasteiger partial charge in [0.25, 0.3) is 0 Å². The smallest absolute Gasteiger partial charge is 0.227 e. The molecule has 5 nitrogen and oxygen atoms in total. The quantitative estimate of drug-likeness (QED) is 0.869. The minimum Gasteiger partial charge on any atom is -0.353 e. The Morgan fingerprint density at radius 2 is 1.92 bits per heavy atom. The van der Waals surface area contributed by atoms with E-state index in [1.54, 1.807) is 12.3 Å². The third-order valence-electron chi connectivity index (χ3n) is 4.44. The normalized spacial score (nSPS) is 14.3. The first kappa shape index (κ1) is 16.0. The third-order valence-corrected chi connectivity index (χ3v) is 4.44. The van der Waals surface area contributed by atoms with Crippen molar-refractivity contribution in [2.45, 2.75) is 13.3 Å². The molecule has 1 aliphatic rings. The number of benzene rings is 1. The molecule has 2 aromatic rings. The van der Waals surface area contributed by atoms with Crippen LogP contribution in [0.4, 0.5) is 5.82 Å². The second kappa shape index (κ2) is 7.14. The molecule has 0 N–H and O–H groups in total. The van der Waals surface area contributed by atoms with Crippen molar-refractivity contribution in [1.82, 2.24) is 9.88 Å². The molecule has 1 aliphatic heterocycles. The molecule has 1 aromatic carbocycles. The van der Waals surface area contributed by atoms with E-state index in [-0.39, 0.29) is 5.91 Å². The Morgan fingerprint density at radius 3 is 2.54 bits per heavy atom. The van der Waals surface area contributed by atoms with Crippen LogP contribution in [0.3, 0.4) is 0 Å². The van der Waals surface area contributed by atoms with Gasteiger partial charge in [0.05, 0.1) is 12.0 Å². The van der Waals surface area contributed by atoms with Crippen molar-refractivity contribution < 1.29 is 4.79 Å². The minimum absolute atomic E-state index is 0.178. The van der Waals surface area contributed by atoms with E-state index in [9.17, 15) is 4.79 Å². The SMILES string of the molecule is Cc1ccccc1CC(=O)N1CCN(c2ccc(C#N)cn2)CC1. The minimum atomic E-state index is 0.178.